The van der Waals surface area contributed by atoms with Crippen LogP contribution in [0.2, 0.25) is 5.02 Å². The fourth-order valence-corrected chi connectivity index (χ4v) is 2.51. The van der Waals surface area contributed by atoms with Crippen molar-refractivity contribution >= 4 is 17.5 Å². The average molecular weight is 273 g/mol. The first-order valence-corrected chi connectivity index (χ1v) is 6.59. The molecule has 0 N–H and O–H groups in total. The fourth-order valence-electron chi connectivity index (χ4n) is 2.35. The molecule has 3 rings (SSSR count). The average Bonchev–Trinajstić information content (AvgIpc) is 2.46. The minimum atomic E-state index is -0.0583. The SMILES string of the molecule is O=C(c1cc(Cl)ccn1)N1CCc2ccccc2C1. The molecule has 96 valence electrons. The Labute approximate surface area is 116 Å². The van der Waals surface area contributed by atoms with E-state index in [1.165, 1.54) is 11.1 Å². The van der Waals surface area contributed by atoms with E-state index in [4.69, 9.17) is 11.6 Å². The minimum absolute atomic E-state index is 0.0583. The Morgan fingerprint density at radius 3 is 2.79 bits per heavy atom. The summed E-state index contributed by atoms with van der Waals surface area (Å²) >= 11 is 5.90. The topological polar surface area (TPSA) is 33.2 Å². The predicted octanol–water partition coefficient (Wildman–Crippen LogP) is 2.93. The second-order valence-electron chi connectivity index (χ2n) is 4.60. The molecule has 1 amide bonds. The molecule has 1 aromatic heterocycles. The molecule has 0 aliphatic carbocycles. The first-order chi connectivity index (χ1) is 9.24. The molecule has 0 spiro atoms. The standard InChI is InChI=1S/C15H13ClN2O/c16-13-5-7-17-14(9-13)15(19)18-8-6-11-3-1-2-4-12(11)10-18/h1-5,7,9H,6,8,10H2. The van der Waals surface area contributed by atoms with Crippen LogP contribution in [0.15, 0.2) is 42.6 Å². The van der Waals surface area contributed by atoms with Gasteiger partial charge in [0.05, 0.1) is 0 Å². The Morgan fingerprint density at radius 2 is 2.00 bits per heavy atom. The summed E-state index contributed by atoms with van der Waals surface area (Å²) in [7, 11) is 0. The van der Waals surface area contributed by atoms with Crippen molar-refractivity contribution < 1.29 is 4.79 Å². The third kappa shape index (κ3) is 2.47. The molecule has 1 aliphatic rings. The van der Waals surface area contributed by atoms with Crippen molar-refractivity contribution in [3.8, 4) is 0 Å². The van der Waals surface area contributed by atoms with Gasteiger partial charge in [-0.3, -0.25) is 9.78 Å². The van der Waals surface area contributed by atoms with E-state index in [1.807, 2.05) is 17.0 Å². The number of benzene rings is 1. The molecule has 0 radical (unpaired) electrons. The highest BCUT2D eigenvalue weighted by atomic mass is 35.5. The van der Waals surface area contributed by atoms with Gasteiger partial charge in [0, 0.05) is 24.3 Å². The van der Waals surface area contributed by atoms with Crippen molar-refractivity contribution in [3.05, 3.63) is 64.4 Å². The zero-order valence-electron chi connectivity index (χ0n) is 10.3. The van der Waals surface area contributed by atoms with E-state index < -0.39 is 0 Å². The lowest BCUT2D eigenvalue weighted by atomic mass is 10.00. The number of fused-ring (bicyclic) bond motifs is 1. The van der Waals surface area contributed by atoms with Crippen molar-refractivity contribution in [1.82, 2.24) is 9.88 Å². The van der Waals surface area contributed by atoms with Crippen molar-refractivity contribution in [2.45, 2.75) is 13.0 Å². The number of amides is 1. The van der Waals surface area contributed by atoms with E-state index in [2.05, 4.69) is 17.1 Å². The van der Waals surface area contributed by atoms with Gasteiger partial charge in [-0.15, -0.1) is 0 Å². The molecule has 3 nitrogen and oxygen atoms in total. The Bertz CT molecular complexity index is 627. The van der Waals surface area contributed by atoms with Gasteiger partial charge in [0.25, 0.3) is 5.91 Å². The highest BCUT2D eigenvalue weighted by Crippen LogP contribution is 2.20. The van der Waals surface area contributed by atoms with Crippen molar-refractivity contribution in [2.24, 2.45) is 0 Å². The maximum Gasteiger partial charge on any atom is 0.272 e. The summed E-state index contributed by atoms with van der Waals surface area (Å²) < 4.78 is 0. The Balaban J connectivity index is 1.83. The second-order valence-corrected chi connectivity index (χ2v) is 5.04. The fraction of sp³-hybridized carbons (Fsp3) is 0.200. The molecular formula is C15H13ClN2O. The van der Waals surface area contributed by atoms with Crippen LogP contribution >= 0.6 is 11.6 Å². The van der Waals surface area contributed by atoms with Gasteiger partial charge < -0.3 is 4.90 Å². The molecule has 0 fully saturated rings. The first-order valence-electron chi connectivity index (χ1n) is 6.21. The lowest BCUT2D eigenvalue weighted by Gasteiger charge is -2.28. The molecule has 2 heterocycles. The Morgan fingerprint density at radius 1 is 1.21 bits per heavy atom. The molecule has 1 aliphatic heterocycles. The van der Waals surface area contributed by atoms with Gasteiger partial charge in [-0.05, 0) is 29.7 Å². The normalized spacial score (nSPS) is 14.1. The number of rotatable bonds is 1. The van der Waals surface area contributed by atoms with E-state index in [0.717, 1.165) is 13.0 Å². The van der Waals surface area contributed by atoms with Crippen LogP contribution in [-0.2, 0) is 13.0 Å². The number of hydrogen-bond donors (Lipinski definition) is 0. The van der Waals surface area contributed by atoms with Crippen LogP contribution in [0.3, 0.4) is 0 Å². The molecule has 1 aromatic carbocycles. The van der Waals surface area contributed by atoms with Crippen LogP contribution in [0.4, 0.5) is 0 Å². The lowest BCUT2D eigenvalue weighted by molar-refractivity contribution is 0.0729. The molecule has 0 saturated heterocycles. The van der Waals surface area contributed by atoms with E-state index in [9.17, 15) is 4.79 Å². The van der Waals surface area contributed by atoms with Gasteiger partial charge in [-0.2, -0.15) is 0 Å². The molecular weight excluding hydrogens is 260 g/mol. The Hall–Kier alpha value is -1.87. The van der Waals surface area contributed by atoms with E-state index >= 15 is 0 Å². The third-order valence-corrected chi connectivity index (χ3v) is 3.59. The molecule has 4 heteroatoms. The van der Waals surface area contributed by atoms with Crippen molar-refractivity contribution in [3.63, 3.8) is 0 Å². The third-order valence-electron chi connectivity index (χ3n) is 3.36. The number of hydrogen-bond acceptors (Lipinski definition) is 2. The van der Waals surface area contributed by atoms with Gasteiger partial charge in [-0.25, -0.2) is 0 Å². The van der Waals surface area contributed by atoms with E-state index in [0.29, 0.717) is 17.3 Å². The molecule has 0 bridgehead atoms. The largest absolute Gasteiger partial charge is 0.333 e. The van der Waals surface area contributed by atoms with Gasteiger partial charge in [-0.1, -0.05) is 35.9 Å². The number of pyridine rings is 1. The molecule has 0 unspecified atom stereocenters. The maximum atomic E-state index is 12.4. The van der Waals surface area contributed by atoms with Gasteiger partial charge >= 0.3 is 0 Å². The summed E-state index contributed by atoms with van der Waals surface area (Å²) in [4.78, 5) is 18.3. The summed E-state index contributed by atoms with van der Waals surface area (Å²) in [5, 5.41) is 0.538. The van der Waals surface area contributed by atoms with E-state index in [-0.39, 0.29) is 5.91 Å². The Kier molecular flexibility index (Phi) is 3.22. The summed E-state index contributed by atoms with van der Waals surface area (Å²) in [5.41, 5.74) is 2.95. The summed E-state index contributed by atoms with van der Waals surface area (Å²) in [5.74, 6) is -0.0583. The number of carbonyl (C=O) groups excluding carboxylic acids is 1. The number of halogens is 1. The zero-order chi connectivity index (χ0) is 13.2. The van der Waals surface area contributed by atoms with Crippen LogP contribution < -0.4 is 0 Å². The van der Waals surface area contributed by atoms with E-state index in [1.54, 1.807) is 18.3 Å². The minimum Gasteiger partial charge on any atom is -0.333 e. The molecule has 0 saturated carbocycles. The van der Waals surface area contributed by atoms with Gasteiger partial charge in [0.2, 0.25) is 0 Å². The number of aromatic nitrogens is 1. The van der Waals surface area contributed by atoms with Crippen LogP contribution in [0, 0.1) is 0 Å². The molecule has 2 aromatic rings. The quantitative estimate of drug-likeness (QED) is 0.800. The molecule has 0 atom stereocenters. The second kappa shape index (κ2) is 5.02. The van der Waals surface area contributed by atoms with Crippen LogP contribution in [0.25, 0.3) is 0 Å². The summed E-state index contributed by atoms with van der Waals surface area (Å²) in [6.45, 7) is 1.37. The number of carbonyl (C=O) groups is 1. The number of nitrogens with zero attached hydrogens (tertiary/aromatic N) is 2. The highest BCUT2D eigenvalue weighted by Gasteiger charge is 2.22. The maximum absolute atomic E-state index is 12.4. The highest BCUT2D eigenvalue weighted by molar-refractivity contribution is 6.30. The predicted molar refractivity (Wildman–Crippen MR) is 74.1 cm³/mol. The van der Waals surface area contributed by atoms with Gasteiger partial charge in [0.15, 0.2) is 0 Å². The van der Waals surface area contributed by atoms with Crippen molar-refractivity contribution in [2.75, 3.05) is 6.54 Å². The van der Waals surface area contributed by atoms with Gasteiger partial charge in [0.1, 0.15) is 5.69 Å². The van der Waals surface area contributed by atoms with Crippen LogP contribution in [0.1, 0.15) is 21.6 Å². The van der Waals surface area contributed by atoms with Crippen molar-refractivity contribution in [1.29, 1.82) is 0 Å². The van der Waals surface area contributed by atoms with Crippen LogP contribution in [-0.4, -0.2) is 22.3 Å². The monoisotopic (exact) mass is 272 g/mol. The smallest absolute Gasteiger partial charge is 0.272 e. The first kappa shape index (κ1) is 12.2. The van der Waals surface area contributed by atoms with Crippen LogP contribution in [0.5, 0.6) is 0 Å². The lowest BCUT2D eigenvalue weighted by Crippen LogP contribution is -2.36. The zero-order valence-corrected chi connectivity index (χ0v) is 11.1. The molecule has 19 heavy (non-hydrogen) atoms. The summed E-state index contributed by atoms with van der Waals surface area (Å²) in [6.07, 6.45) is 2.45. The summed E-state index contributed by atoms with van der Waals surface area (Å²) in [6, 6.07) is 11.5.